The molecule has 1 aromatic heterocycles. The van der Waals surface area contributed by atoms with Gasteiger partial charge in [0.2, 0.25) is 0 Å². The van der Waals surface area contributed by atoms with E-state index in [1.54, 1.807) is 0 Å². The van der Waals surface area contributed by atoms with Crippen LogP contribution in [0.2, 0.25) is 0 Å². The molecule has 0 fully saturated rings. The van der Waals surface area contributed by atoms with Crippen molar-refractivity contribution in [2.24, 2.45) is 0 Å². The summed E-state index contributed by atoms with van der Waals surface area (Å²) in [7, 11) is 0. The molecule has 3 N–H and O–H groups in total. The monoisotopic (exact) mass is 282 g/mol. The molecule has 9 heteroatoms. The lowest BCUT2D eigenvalue weighted by molar-refractivity contribution is 0.0698. The second-order valence-corrected chi connectivity index (χ2v) is 4.14. The van der Waals surface area contributed by atoms with Gasteiger partial charge in [-0.2, -0.15) is 0 Å². The number of hydrogen-bond acceptors (Lipinski definition) is 5. The van der Waals surface area contributed by atoms with E-state index in [2.05, 4.69) is 20.2 Å². The summed E-state index contributed by atoms with van der Waals surface area (Å²) in [5.41, 5.74) is -0.346. The van der Waals surface area contributed by atoms with E-state index in [9.17, 15) is 14.0 Å². The molecule has 2 amide bonds. The number of amides is 2. The van der Waals surface area contributed by atoms with E-state index in [1.165, 1.54) is 6.20 Å². The highest BCUT2D eigenvalue weighted by atomic mass is 32.1. The molecular formula is C10H7FN4O3S. The number of anilines is 2. The van der Waals surface area contributed by atoms with Gasteiger partial charge in [0.25, 0.3) is 0 Å². The predicted molar refractivity (Wildman–Crippen MR) is 65.9 cm³/mol. The molecule has 98 valence electrons. The molecule has 1 heterocycles. The quantitative estimate of drug-likeness (QED) is 0.798. The minimum Gasteiger partial charge on any atom is -0.478 e. The SMILES string of the molecule is O=C(Nc1cnns1)Nc1cc(F)ccc1C(=O)O. The smallest absolute Gasteiger partial charge is 0.337 e. The highest BCUT2D eigenvalue weighted by molar-refractivity contribution is 7.10. The molecule has 0 bridgehead atoms. The Hall–Kier alpha value is -2.55. The van der Waals surface area contributed by atoms with Gasteiger partial charge in [-0.3, -0.25) is 5.32 Å². The molecule has 2 rings (SSSR count). The van der Waals surface area contributed by atoms with Gasteiger partial charge in [-0.05, 0) is 18.2 Å². The summed E-state index contributed by atoms with van der Waals surface area (Å²) in [5.74, 6) is -1.92. The zero-order valence-electron chi connectivity index (χ0n) is 9.25. The third-order valence-electron chi connectivity index (χ3n) is 2.06. The number of hydrogen-bond donors (Lipinski definition) is 3. The fourth-order valence-corrected chi connectivity index (χ4v) is 1.71. The summed E-state index contributed by atoms with van der Waals surface area (Å²) in [5, 5.41) is 17.4. The van der Waals surface area contributed by atoms with E-state index in [4.69, 9.17) is 5.11 Å². The number of halogens is 1. The Bertz CT molecular complexity index is 617. The molecule has 0 aliphatic rings. The Kier molecular flexibility index (Phi) is 3.66. The van der Waals surface area contributed by atoms with Crippen LogP contribution in [0, 0.1) is 5.82 Å². The summed E-state index contributed by atoms with van der Waals surface area (Å²) in [6.07, 6.45) is 1.33. The molecule has 0 aliphatic carbocycles. The molecular weight excluding hydrogens is 275 g/mol. The summed E-state index contributed by atoms with van der Waals surface area (Å²) in [6.45, 7) is 0. The van der Waals surface area contributed by atoms with Crippen molar-refractivity contribution in [2.75, 3.05) is 10.6 Å². The minimum absolute atomic E-state index is 0.137. The van der Waals surface area contributed by atoms with Crippen LogP contribution in [0.4, 0.5) is 19.9 Å². The van der Waals surface area contributed by atoms with Crippen molar-refractivity contribution in [2.45, 2.75) is 0 Å². The largest absolute Gasteiger partial charge is 0.478 e. The molecule has 7 nitrogen and oxygen atoms in total. The summed E-state index contributed by atoms with van der Waals surface area (Å²) in [4.78, 5) is 22.5. The van der Waals surface area contributed by atoms with Gasteiger partial charge in [0.15, 0.2) is 0 Å². The number of nitrogens with one attached hydrogen (secondary N) is 2. The van der Waals surface area contributed by atoms with Gasteiger partial charge in [-0.15, -0.1) is 5.10 Å². The van der Waals surface area contributed by atoms with Crippen LogP contribution < -0.4 is 10.6 Å². The van der Waals surface area contributed by atoms with Crippen molar-refractivity contribution in [3.8, 4) is 0 Å². The summed E-state index contributed by atoms with van der Waals surface area (Å²) < 4.78 is 16.6. The number of urea groups is 1. The van der Waals surface area contributed by atoms with Gasteiger partial charge in [-0.1, -0.05) is 4.49 Å². The first-order chi connectivity index (χ1) is 9.06. The average molecular weight is 282 g/mol. The second-order valence-electron chi connectivity index (χ2n) is 3.36. The molecule has 0 unspecified atom stereocenters. The van der Waals surface area contributed by atoms with Crippen LogP contribution in [0.25, 0.3) is 0 Å². The van der Waals surface area contributed by atoms with Crippen LogP contribution in [-0.4, -0.2) is 26.7 Å². The molecule has 0 radical (unpaired) electrons. The van der Waals surface area contributed by atoms with Crippen LogP contribution in [0.3, 0.4) is 0 Å². The first-order valence-electron chi connectivity index (χ1n) is 4.94. The van der Waals surface area contributed by atoms with Gasteiger partial charge >= 0.3 is 12.0 Å². The minimum atomic E-state index is -1.27. The number of carboxylic acids is 1. The Labute approximate surface area is 110 Å². The van der Waals surface area contributed by atoms with E-state index in [1.807, 2.05) is 0 Å². The van der Waals surface area contributed by atoms with Gasteiger partial charge in [-0.25, -0.2) is 14.0 Å². The van der Waals surface area contributed by atoms with Gasteiger partial charge in [0.1, 0.15) is 10.8 Å². The predicted octanol–water partition coefficient (Wildman–Crippen LogP) is 2.02. The average Bonchev–Trinajstić information content (AvgIpc) is 2.81. The van der Waals surface area contributed by atoms with Crippen LogP contribution >= 0.6 is 11.5 Å². The van der Waals surface area contributed by atoms with Crippen LogP contribution in [0.15, 0.2) is 24.4 Å². The number of aromatic nitrogens is 2. The maximum absolute atomic E-state index is 13.1. The molecule has 0 spiro atoms. The lowest BCUT2D eigenvalue weighted by Gasteiger charge is -2.08. The molecule has 0 aliphatic heterocycles. The number of rotatable bonds is 3. The van der Waals surface area contributed by atoms with Crippen LogP contribution in [0.1, 0.15) is 10.4 Å². The third kappa shape index (κ3) is 3.22. The van der Waals surface area contributed by atoms with Crippen molar-refractivity contribution in [3.05, 3.63) is 35.8 Å². The zero-order valence-corrected chi connectivity index (χ0v) is 10.1. The number of carboxylic acid groups (broad SMARTS) is 1. The number of nitrogens with zero attached hydrogens (tertiary/aromatic N) is 2. The number of carbonyl (C=O) groups excluding carboxylic acids is 1. The molecule has 2 aromatic rings. The maximum Gasteiger partial charge on any atom is 0.337 e. The Morgan fingerprint density at radius 3 is 2.74 bits per heavy atom. The van der Waals surface area contributed by atoms with Gasteiger partial charge < -0.3 is 10.4 Å². The lowest BCUT2D eigenvalue weighted by atomic mass is 10.2. The maximum atomic E-state index is 13.1. The zero-order chi connectivity index (χ0) is 13.8. The molecule has 0 atom stereocenters. The molecule has 0 saturated carbocycles. The van der Waals surface area contributed by atoms with Crippen molar-refractivity contribution < 1.29 is 19.1 Å². The standard InChI is InChI=1S/C10H7FN4O3S/c11-5-1-2-6(9(16)17)7(3-5)13-10(18)14-8-4-12-15-19-8/h1-4H,(H,16,17)(H2,13,14,18). The molecule has 0 saturated heterocycles. The van der Waals surface area contributed by atoms with Crippen LogP contribution in [-0.2, 0) is 0 Å². The van der Waals surface area contributed by atoms with E-state index >= 15 is 0 Å². The first kappa shape index (κ1) is 12.9. The highest BCUT2D eigenvalue weighted by Crippen LogP contribution is 2.18. The van der Waals surface area contributed by atoms with Crippen molar-refractivity contribution in [1.29, 1.82) is 0 Å². The normalized spacial score (nSPS) is 9.95. The van der Waals surface area contributed by atoms with Crippen molar-refractivity contribution in [1.82, 2.24) is 9.59 Å². The molecule has 19 heavy (non-hydrogen) atoms. The van der Waals surface area contributed by atoms with Gasteiger partial charge in [0, 0.05) is 11.5 Å². The third-order valence-corrected chi connectivity index (χ3v) is 2.64. The van der Waals surface area contributed by atoms with E-state index < -0.39 is 17.8 Å². The van der Waals surface area contributed by atoms with Crippen molar-refractivity contribution >= 4 is 34.2 Å². The lowest BCUT2D eigenvalue weighted by Crippen LogP contribution is -2.20. The Morgan fingerprint density at radius 2 is 2.11 bits per heavy atom. The summed E-state index contributed by atoms with van der Waals surface area (Å²) in [6, 6.07) is 2.29. The Morgan fingerprint density at radius 1 is 1.32 bits per heavy atom. The fourth-order valence-electron chi connectivity index (χ4n) is 1.29. The van der Waals surface area contributed by atoms with Gasteiger partial charge in [0.05, 0.1) is 17.4 Å². The summed E-state index contributed by atoms with van der Waals surface area (Å²) >= 11 is 0.952. The molecule has 1 aromatic carbocycles. The number of benzene rings is 1. The van der Waals surface area contributed by atoms with E-state index in [-0.39, 0.29) is 11.3 Å². The number of carbonyl (C=O) groups is 2. The highest BCUT2D eigenvalue weighted by Gasteiger charge is 2.13. The van der Waals surface area contributed by atoms with E-state index in [0.29, 0.717) is 5.00 Å². The van der Waals surface area contributed by atoms with Crippen LogP contribution in [0.5, 0.6) is 0 Å². The second kappa shape index (κ2) is 5.40. The van der Waals surface area contributed by atoms with Crippen molar-refractivity contribution in [3.63, 3.8) is 0 Å². The number of aromatic carboxylic acids is 1. The Balaban J connectivity index is 2.16. The fraction of sp³-hybridized carbons (Fsp3) is 0. The first-order valence-corrected chi connectivity index (χ1v) is 5.72. The topological polar surface area (TPSA) is 104 Å². The van der Waals surface area contributed by atoms with E-state index in [0.717, 1.165) is 29.7 Å².